The van der Waals surface area contributed by atoms with Crippen LogP contribution < -0.4 is 10.7 Å². The third-order valence-corrected chi connectivity index (χ3v) is 5.01. The number of fused-ring (bicyclic) bond motifs is 1. The molecule has 0 bridgehead atoms. The molecule has 28 heavy (non-hydrogen) atoms. The van der Waals surface area contributed by atoms with E-state index in [-0.39, 0.29) is 6.42 Å². The lowest BCUT2D eigenvalue weighted by molar-refractivity contribution is -0.138. The maximum atomic E-state index is 12.9. The van der Waals surface area contributed by atoms with E-state index in [1.54, 1.807) is 31.2 Å². The maximum Gasteiger partial charge on any atom is 0.344 e. The third kappa shape index (κ3) is 2.99. The van der Waals surface area contributed by atoms with Crippen LogP contribution in [0.5, 0.6) is 0 Å². The molecule has 0 aliphatic carbocycles. The topological polar surface area (TPSA) is 78.5 Å². The van der Waals surface area contributed by atoms with Crippen LogP contribution in [-0.2, 0) is 21.5 Å². The average Bonchev–Trinajstić information content (AvgIpc) is 2.93. The highest BCUT2D eigenvalue weighted by atomic mass is 16.2. The number of nitrogens with one attached hydrogen (secondary N) is 2. The van der Waals surface area contributed by atoms with Gasteiger partial charge in [-0.3, -0.25) is 15.0 Å². The van der Waals surface area contributed by atoms with Gasteiger partial charge < -0.3 is 5.32 Å². The van der Waals surface area contributed by atoms with E-state index in [9.17, 15) is 14.4 Å². The number of imide groups is 1. The fraction of sp³-hybridized carbons (Fsp3) is 0.136. The van der Waals surface area contributed by atoms with Gasteiger partial charge in [-0.2, -0.15) is 5.01 Å². The van der Waals surface area contributed by atoms with Crippen LogP contribution >= 0.6 is 0 Å². The number of carbonyl (C=O) groups excluding carboxylic acids is 3. The Labute approximate surface area is 162 Å². The van der Waals surface area contributed by atoms with E-state index in [0.717, 1.165) is 21.3 Å². The Morgan fingerprint density at radius 3 is 2.43 bits per heavy atom. The van der Waals surface area contributed by atoms with Crippen molar-refractivity contribution < 1.29 is 14.4 Å². The molecule has 6 heteroatoms. The molecule has 140 valence electrons. The molecule has 4 amide bonds. The smallest absolute Gasteiger partial charge is 0.318 e. The number of rotatable bonds is 4. The number of benzene rings is 3. The van der Waals surface area contributed by atoms with Crippen LogP contribution in [0.1, 0.15) is 18.1 Å². The van der Waals surface area contributed by atoms with Crippen LogP contribution in [0, 0.1) is 0 Å². The van der Waals surface area contributed by atoms with E-state index in [4.69, 9.17) is 0 Å². The molecule has 0 aromatic heterocycles. The Morgan fingerprint density at radius 1 is 0.964 bits per heavy atom. The summed E-state index contributed by atoms with van der Waals surface area (Å²) in [5, 5.41) is 5.42. The molecular formula is C22H19N3O3. The number of amides is 4. The van der Waals surface area contributed by atoms with Crippen molar-refractivity contribution in [3.05, 3.63) is 83.9 Å². The second-order valence-electron chi connectivity index (χ2n) is 6.91. The second-order valence-corrected chi connectivity index (χ2v) is 6.91. The predicted octanol–water partition coefficient (Wildman–Crippen LogP) is 2.88. The zero-order valence-corrected chi connectivity index (χ0v) is 15.3. The highest BCUT2D eigenvalue weighted by Gasteiger charge is 2.49. The lowest BCUT2D eigenvalue weighted by Crippen LogP contribution is -2.48. The number of hydrogen-bond donors (Lipinski definition) is 2. The number of nitrogens with zero attached hydrogens (tertiary/aromatic N) is 1. The molecule has 3 aromatic carbocycles. The minimum Gasteiger partial charge on any atom is -0.318 e. The quantitative estimate of drug-likeness (QED) is 0.690. The fourth-order valence-electron chi connectivity index (χ4n) is 3.49. The molecule has 0 spiro atoms. The summed E-state index contributed by atoms with van der Waals surface area (Å²) in [5.74, 6) is -0.952. The zero-order chi connectivity index (χ0) is 19.7. The largest absolute Gasteiger partial charge is 0.344 e. The first-order valence-electron chi connectivity index (χ1n) is 8.97. The van der Waals surface area contributed by atoms with Gasteiger partial charge >= 0.3 is 6.03 Å². The van der Waals surface area contributed by atoms with Crippen molar-refractivity contribution in [3.8, 4) is 0 Å². The average molecular weight is 373 g/mol. The summed E-state index contributed by atoms with van der Waals surface area (Å²) in [6.45, 7) is 1.62. The first-order chi connectivity index (χ1) is 13.5. The summed E-state index contributed by atoms with van der Waals surface area (Å²) in [6, 6.07) is 21.8. The van der Waals surface area contributed by atoms with E-state index in [0.29, 0.717) is 5.56 Å². The van der Waals surface area contributed by atoms with E-state index >= 15 is 0 Å². The zero-order valence-electron chi connectivity index (χ0n) is 15.3. The lowest BCUT2D eigenvalue weighted by Gasteiger charge is -2.22. The number of hydrogen-bond acceptors (Lipinski definition) is 3. The van der Waals surface area contributed by atoms with Crippen LogP contribution in [0.25, 0.3) is 10.8 Å². The minimum absolute atomic E-state index is 0.0560. The molecule has 1 fully saturated rings. The molecule has 0 radical (unpaired) electrons. The molecule has 4 rings (SSSR count). The number of hydrazine groups is 1. The number of urea groups is 1. The van der Waals surface area contributed by atoms with Gasteiger partial charge in [0.15, 0.2) is 0 Å². The summed E-state index contributed by atoms with van der Waals surface area (Å²) in [4.78, 5) is 37.8. The van der Waals surface area contributed by atoms with Gasteiger partial charge in [-0.1, -0.05) is 72.8 Å². The maximum absolute atomic E-state index is 12.9. The van der Waals surface area contributed by atoms with E-state index in [1.165, 1.54) is 0 Å². The van der Waals surface area contributed by atoms with Crippen molar-refractivity contribution in [3.63, 3.8) is 0 Å². The van der Waals surface area contributed by atoms with Crippen molar-refractivity contribution in [1.82, 2.24) is 15.8 Å². The molecule has 1 atom stereocenters. The highest BCUT2D eigenvalue weighted by molar-refractivity contribution is 6.08. The first-order valence-corrected chi connectivity index (χ1v) is 8.97. The van der Waals surface area contributed by atoms with Crippen LogP contribution in [0.15, 0.2) is 72.8 Å². The van der Waals surface area contributed by atoms with E-state index in [1.807, 2.05) is 48.5 Å². The van der Waals surface area contributed by atoms with Gasteiger partial charge in [-0.15, -0.1) is 0 Å². The van der Waals surface area contributed by atoms with Crippen molar-refractivity contribution >= 4 is 28.6 Å². The molecule has 0 unspecified atom stereocenters. The molecule has 1 heterocycles. The lowest BCUT2D eigenvalue weighted by atomic mass is 9.92. The van der Waals surface area contributed by atoms with Gasteiger partial charge in [0.1, 0.15) is 5.54 Å². The highest BCUT2D eigenvalue weighted by Crippen LogP contribution is 2.27. The van der Waals surface area contributed by atoms with Crippen LogP contribution in [0.3, 0.4) is 0 Å². The van der Waals surface area contributed by atoms with Gasteiger partial charge in [0.25, 0.3) is 5.91 Å². The SMILES string of the molecule is C[C@@]1(c2ccccc2)NC(=O)N(NC(=O)Cc2cccc3ccccc23)C1=O. The van der Waals surface area contributed by atoms with Gasteiger partial charge in [-0.25, -0.2) is 4.79 Å². The third-order valence-electron chi connectivity index (χ3n) is 5.01. The van der Waals surface area contributed by atoms with Gasteiger partial charge in [0.2, 0.25) is 5.91 Å². The van der Waals surface area contributed by atoms with Gasteiger partial charge in [-0.05, 0) is 28.8 Å². The Hall–Kier alpha value is -3.67. The van der Waals surface area contributed by atoms with Crippen molar-refractivity contribution in [2.24, 2.45) is 0 Å². The summed E-state index contributed by atoms with van der Waals surface area (Å²) in [6.07, 6.45) is 0.0560. The van der Waals surface area contributed by atoms with Gasteiger partial charge in [0.05, 0.1) is 6.42 Å². The molecule has 2 N–H and O–H groups in total. The molecular weight excluding hydrogens is 354 g/mol. The summed E-state index contributed by atoms with van der Waals surface area (Å²) >= 11 is 0. The van der Waals surface area contributed by atoms with E-state index in [2.05, 4.69) is 10.7 Å². The van der Waals surface area contributed by atoms with Crippen LogP contribution in [0.2, 0.25) is 0 Å². The Bertz CT molecular complexity index is 1080. The van der Waals surface area contributed by atoms with E-state index < -0.39 is 23.4 Å². The first kappa shape index (κ1) is 17.7. The molecule has 0 saturated carbocycles. The fourth-order valence-corrected chi connectivity index (χ4v) is 3.49. The van der Waals surface area contributed by atoms with Crippen LogP contribution in [-0.4, -0.2) is 22.9 Å². The monoisotopic (exact) mass is 373 g/mol. The van der Waals surface area contributed by atoms with Crippen molar-refractivity contribution in [1.29, 1.82) is 0 Å². The van der Waals surface area contributed by atoms with Crippen molar-refractivity contribution in [2.45, 2.75) is 18.9 Å². The molecule has 3 aromatic rings. The Morgan fingerprint density at radius 2 is 1.64 bits per heavy atom. The van der Waals surface area contributed by atoms with Crippen LogP contribution in [0.4, 0.5) is 4.79 Å². The summed E-state index contributed by atoms with van der Waals surface area (Å²) in [5.41, 5.74) is 2.71. The molecule has 1 saturated heterocycles. The Kier molecular flexibility index (Phi) is 4.31. The standard InChI is InChI=1S/C22H19N3O3/c1-22(17-11-3-2-4-12-17)20(27)25(21(28)23-22)24-19(26)14-16-10-7-9-15-8-5-6-13-18(15)16/h2-13H,14H2,1H3,(H,23,28)(H,24,26)/t22-/m0/s1. The Balaban J connectivity index is 1.53. The summed E-state index contributed by atoms with van der Waals surface area (Å²) in [7, 11) is 0. The summed E-state index contributed by atoms with van der Waals surface area (Å²) < 4.78 is 0. The molecule has 1 aliphatic heterocycles. The molecule has 6 nitrogen and oxygen atoms in total. The van der Waals surface area contributed by atoms with Crippen molar-refractivity contribution in [2.75, 3.05) is 0 Å². The molecule has 1 aliphatic rings. The second kappa shape index (κ2) is 6.81. The minimum atomic E-state index is -1.22. The predicted molar refractivity (Wildman–Crippen MR) is 105 cm³/mol. The normalized spacial score (nSPS) is 19.0. The number of carbonyl (C=O) groups is 3. The van der Waals surface area contributed by atoms with Gasteiger partial charge in [0, 0.05) is 0 Å².